The maximum absolute atomic E-state index is 9.15. The molecular weight excluding hydrogens is 244 g/mol. The lowest BCUT2D eigenvalue weighted by atomic mass is 9.93. The second-order valence-electron chi connectivity index (χ2n) is 5.56. The first-order valence-corrected chi connectivity index (χ1v) is 7.33. The van der Waals surface area contributed by atoms with Crippen LogP contribution in [0.2, 0.25) is 0 Å². The molecule has 1 N–H and O–H groups in total. The van der Waals surface area contributed by atoms with Gasteiger partial charge in [-0.05, 0) is 39.5 Å². The molecule has 0 saturated carbocycles. The molecule has 0 aromatic carbocycles. The summed E-state index contributed by atoms with van der Waals surface area (Å²) in [4.78, 5) is 0. The lowest BCUT2D eigenvalue weighted by Gasteiger charge is -2.33. The highest BCUT2D eigenvalue weighted by molar-refractivity contribution is 4.78. The average molecular weight is 276 g/mol. The van der Waals surface area contributed by atoms with Crippen molar-refractivity contribution in [1.82, 2.24) is 0 Å². The topological polar surface area (TPSA) is 47.9 Å². The van der Waals surface area contributed by atoms with Crippen molar-refractivity contribution in [3.8, 4) is 0 Å². The van der Waals surface area contributed by atoms with Crippen molar-refractivity contribution in [3.63, 3.8) is 0 Å². The monoisotopic (exact) mass is 276 g/mol. The van der Waals surface area contributed by atoms with E-state index in [9.17, 15) is 0 Å². The largest absolute Gasteiger partial charge is 0.396 e. The van der Waals surface area contributed by atoms with Gasteiger partial charge in [0.05, 0.1) is 31.0 Å². The lowest BCUT2D eigenvalue weighted by molar-refractivity contribution is -0.100. The molecule has 116 valence electrons. The van der Waals surface area contributed by atoms with Crippen LogP contribution in [0.1, 0.15) is 53.4 Å². The number of aliphatic hydroxyl groups excluding tert-OH is 1. The summed E-state index contributed by atoms with van der Waals surface area (Å²) in [6.45, 7) is 10.4. The molecular formula is C15H32O4. The molecule has 0 saturated heterocycles. The van der Waals surface area contributed by atoms with Crippen molar-refractivity contribution in [2.75, 3.05) is 33.5 Å². The summed E-state index contributed by atoms with van der Waals surface area (Å²) in [6.07, 6.45) is 3.39. The SMILES string of the molecule is CCC(CC)(CCO)OCCC(C)(C)OCCOC. The number of hydrogen-bond acceptors (Lipinski definition) is 4. The fraction of sp³-hybridized carbons (Fsp3) is 1.00. The van der Waals surface area contributed by atoms with Crippen molar-refractivity contribution >= 4 is 0 Å². The lowest BCUT2D eigenvalue weighted by Crippen LogP contribution is -2.35. The maximum atomic E-state index is 9.15. The first-order valence-electron chi connectivity index (χ1n) is 7.33. The van der Waals surface area contributed by atoms with E-state index >= 15 is 0 Å². The summed E-state index contributed by atoms with van der Waals surface area (Å²) in [7, 11) is 1.67. The van der Waals surface area contributed by atoms with Crippen LogP contribution in [-0.2, 0) is 14.2 Å². The quantitative estimate of drug-likeness (QED) is 0.557. The van der Waals surface area contributed by atoms with Crippen LogP contribution >= 0.6 is 0 Å². The van der Waals surface area contributed by atoms with Crippen LogP contribution in [0.3, 0.4) is 0 Å². The highest BCUT2D eigenvalue weighted by atomic mass is 16.5. The summed E-state index contributed by atoms with van der Waals surface area (Å²) in [5.41, 5.74) is -0.387. The van der Waals surface area contributed by atoms with E-state index in [1.54, 1.807) is 7.11 Å². The van der Waals surface area contributed by atoms with Crippen molar-refractivity contribution in [2.24, 2.45) is 0 Å². The second-order valence-corrected chi connectivity index (χ2v) is 5.56. The highest BCUT2D eigenvalue weighted by Crippen LogP contribution is 2.26. The molecule has 0 aromatic heterocycles. The van der Waals surface area contributed by atoms with E-state index in [1.807, 2.05) is 0 Å². The van der Waals surface area contributed by atoms with Gasteiger partial charge in [-0.2, -0.15) is 0 Å². The number of hydrogen-bond donors (Lipinski definition) is 1. The molecule has 0 aromatic rings. The Morgan fingerprint density at radius 2 is 1.53 bits per heavy atom. The molecule has 0 aliphatic carbocycles. The number of aliphatic hydroxyl groups is 1. The van der Waals surface area contributed by atoms with Crippen LogP contribution in [0.25, 0.3) is 0 Å². The summed E-state index contributed by atoms with van der Waals surface area (Å²) in [5, 5.41) is 9.15. The Balaban J connectivity index is 4.09. The molecule has 19 heavy (non-hydrogen) atoms. The second kappa shape index (κ2) is 9.70. The van der Waals surface area contributed by atoms with Gasteiger partial charge in [0.15, 0.2) is 0 Å². The Bertz CT molecular complexity index is 212. The predicted molar refractivity (Wildman–Crippen MR) is 77.5 cm³/mol. The summed E-state index contributed by atoms with van der Waals surface area (Å²) >= 11 is 0. The van der Waals surface area contributed by atoms with Gasteiger partial charge in [-0.3, -0.25) is 0 Å². The van der Waals surface area contributed by atoms with Crippen LogP contribution < -0.4 is 0 Å². The van der Waals surface area contributed by atoms with Crippen LogP contribution in [0.15, 0.2) is 0 Å². The van der Waals surface area contributed by atoms with Crippen LogP contribution in [0.5, 0.6) is 0 Å². The van der Waals surface area contributed by atoms with E-state index < -0.39 is 0 Å². The fourth-order valence-corrected chi connectivity index (χ4v) is 2.07. The minimum Gasteiger partial charge on any atom is -0.396 e. The van der Waals surface area contributed by atoms with Crippen LogP contribution in [0, 0.1) is 0 Å². The van der Waals surface area contributed by atoms with Gasteiger partial charge in [-0.25, -0.2) is 0 Å². The van der Waals surface area contributed by atoms with E-state index in [0.29, 0.717) is 26.2 Å². The Morgan fingerprint density at radius 3 is 2.00 bits per heavy atom. The van der Waals surface area contributed by atoms with Gasteiger partial charge in [0.2, 0.25) is 0 Å². The average Bonchev–Trinajstić information content (AvgIpc) is 2.37. The Morgan fingerprint density at radius 1 is 0.895 bits per heavy atom. The number of rotatable bonds is 12. The normalized spacial score (nSPS) is 12.9. The molecule has 0 fully saturated rings. The molecule has 4 heteroatoms. The van der Waals surface area contributed by atoms with Gasteiger partial charge in [0.1, 0.15) is 0 Å². The van der Waals surface area contributed by atoms with Crippen molar-refractivity contribution in [3.05, 3.63) is 0 Å². The Kier molecular flexibility index (Phi) is 9.62. The van der Waals surface area contributed by atoms with Gasteiger partial charge < -0.3 is 19.3 Å². The van der Waals surface area contributed by atoms with Crippen molar-refractivity contribution < 1.29 is 19.3 Å². The van der Waals surface area contributed by atoms with Crippen LogP contribution in [0.4, 0.5) is 0 Å². The van der Waals surface area contributed by atoms with E-state index in [2.05, 4.69) is 27.7 Å². The molecule has 0 heterocycles. The van der Waals surface area contributed by atoms with E-state index in [-0.39, 0.29) is 17.8 Å². The third kappa shape index (κ3) is 7.88. The van der Waals surface area contributed by atoms with Gasteiger partial charge in [0, 0.05) is 13.7 Å². The Hall–Kier alpha value is -0.160. The summed E-state index contributed by atoms with van der Waals surface area (Å²) < 4.78 is 16.8. The maximum Gasteiger partial charge on any atom is 0.0707 e. The zero-order chi connectivity index (χ0) is 14.8. The van der Waals surface area contributed by atoms with E-state index in [1.165, 1.54) is 0 Å². The summed E-state index contributed by atoms with van der Waals surface area (Å²) in [6, 6.07) is 0. The Labute approximate surface area is 118 Å². The highest BCUT2D eigenvalue weighted by Gasteiger charge is 2.27. The first kappa shape index (κ1) is 18.8. The molecule has 0 amide bonds. The number of methoxy groups -OCH3 is 1. The summed E-state index contributed by atoms with van der Waals surface area (Å²) in [5.74, 6) is 0. The molecule has 0 aliphatic rings. The van der Waals surface area contributed by atoms with Crippen LogP contribution in [-0.4, -0.2) is 49.8 Å². The molecule has 0 rings (SSSR count). The van der Waals surface area contributed by atoms with Gasteiger partial charge in [-0.15, -0.1) is 0 Å². The van der Waals surface area contributed by atoms with Crippen molar-refractivity contribution in [2.45, 2.75) is 64.6 Å². The molecule has 0 spiro atoms. The molecule has 0 aliphatic heterocycles. The zero-order valence-electron chi connectivity index (χ0n) is 13.3. The molecule has 0 unspecified atom stereocenters. The molecule has 0 atom stereocenters. The predicted octanol–water partition coefficient (Wildman–Crippen LogP) is 2.78. The van der Waals surface area contributed by atoms with Gasteiger partial charge in [-0.1, -0.05) is 13.8 Å². The fourth-order valence-electron chi connectivity index (χ4n) is 2.07. The number of ether oxygens (including phenoxy) is 3. The van der Waals surface area contributed by atoms with Gasteiger partial charge >= 0.3 is 0 Å². The third-order valence-corrected chi connectivity index (χ3v) is 3.75. The standard InChI is InChI=1S/C15H32O4/c1-6-15(7-2,8-10-16)19-11-9-14(3,4)18-13-12-17-5/h16H,6-13H2,1-5H3. The molecule has 0 bridgehead atoms. The molecule has 4 nitrogen and oxygen atoms in total. The van der Waals surface area contributed by atoms with E-state index in [4.69, 9.17) is 19.3 Å². The molecule has 0 radical (unpaired) electrons. The van der Waals surface area contributed by atoms with Crippen molar-refractivity contribution in [1.29, 1.82) is 0 Å². The van der Waals surface area contributed by atoms with Gasteiger partial charge in [0.25, 0.3) is 0 Å². The minimum absolute atomic E-state index is 0.176. The van der Waals surface area contributed by atoms with E-state index in [0.717, 1.165) is 19.3 Å². The smallest absolute Gasteiger partial charge is 0.0707 e. The minimum atomic E-state index is -0.203. The zero-order valence-corrected chi connectivity index (χ0v) is 13.3. The third-order valence-electron chi connectivity index (χ3n) is 3.75. The first-order chi connectivity index (χ1) is 8.95.